The van der Waals surface area contributed by atoms with Crippen molar-refractivity contribution in [3.63, 3.8) is 0 Å². The van der Waals surface area contributed by atoms with Gasteiger partial charge in [-0.3, -0.25) is 0 Å². The van der Waals surface area contributed by atoms with Crippen molar-refractivity contribution in [1.82, 2.24) is 4.57 Å². The van der Waals surface area contributed by atoms with Crippen molar-refractivity contribution in [2.45, 2.75) is 32.8 Å². The van der Waals surface area contributed by atoms with E-state index in [0.717, 1.165) is 18.4 Å². The molecule has 1 atom stereocenters. The number of aromatic nitrogens is 1. The first-order valence-corrected chi connectivity index (χ1v) is 4.82. The van der Waals surface area contributed by atoms with Crippen LogP contribution in [0.3, 0.4) is 0 Å². The second-order valence-corrected chi connectivity index (χ2v) is 4.89. The number of aryl methyl sites for hydroxylation is 1. The SMILES string of the molecule is Cn1ccc2c1CC(C)(C)CC2O. The second kappa shape index (κ2) is 2.61. The van der Waals surface area contributed by atoms with Gasteiger partial charge in [0.2, 0.25) is 0 Å². The van der Waals surface area contributed by atoms with Crippen molar-refractivity contribution in [2.75, 3.05) is 0 Å². The second-order valence-electron chi connectivity index (χ2n) is 4.89. The van der Waals surface area contributed by atoms with E-state index in [0.29, 0.717) is 0 Å². The maximum Gasteiger partial charge on any atom is 0.0812 e. The van der Waals surface area contributed by atoms with Crippen LogP contribution in [0.15, 0.2) is 12.3 Å². The molecular formula is C11H17NO. The molecule has 0 bridgehead atoms. The Kier molecular flexibility index (Phi) is 1.77. The Bertz CT molecular complexity index is 325. The highest BCUT2D eigenvalue weighted by Gasteiger charge is 2.32. The first-order valence-electron chi connectivity index (χ1n) is 4.82. The molecule has 72 valence electrons. The Morgan fingerprint density at radius 1 is 1.54 bits per heavy atom. The molecule has 1 unspecified atom stereocenters. The van der Waals surface area contributed by atoms with Crippen LogP contribution in [0.1, 0.15) is 37.6 Å². The van der Waals surface area contributed by atoms with E-state index in [9.17, 15) is 5.11 Å². The van der Waals surface area contributed by atoms with Crippen molar-refractivity contribution < 1.29 is 5.11 Å². The maximum absolute atomic E-state index is 9.90. The Hall–Kier alpha value is -0.760. The van der Waals surface area contributed by atoms with Gasteiger partial charge in [0.25, 0.3) is 0 Å². The summed E-state index contributed by atoms with van der Waals surface area (Å²) < 4.78 is 2.12. The highest BCUT2D eigenvalue weighted by molar-refractivity contribution is 5.28. The van der Waals surface area contributed by atoms with Gasteiger partial charge in [-0.1, -0.05) is 13.8 Å². The van der Waals surface area contributed by atoms with E-state index in [2.05, 4.69) is 18.4 Å². The van der Waals surface area contributed by atoms with Gasteiger partial charge in [-0.25, -0.2) is 0 Å². The Labute approximate surface area is 79.2 Å². The third-order valence-electron chi connectivity index (χ3n) is 2.99. The Balaban J connectivity index is 2.45. The van der Waals surface area contributed by atoms with Gasteiger partial charge in [0.05, 0.1) is 6.10 Å². The van der Waals surface area contributed by atoms with Crippen molar-refractivity contribution in [3.8, 4) is 0 Å². The zero-order chi connectivity index (χ0) is 9.64. The summed E-state index contributed by atoms with van der Waals surface area (Å²) in [5.74, 6) is 0. The Morgan fingerprint density at radius 3 is 2.92 bits per heavy atom. The van der Waals surface area contributed by atoms with Crippen molar-refractivity contribution in [3.05, 3.63) is 23.5 Å². The number of aliphatic hydroxyl groups excluding tert-OH is 1. The molecule has 0 saturated carbocycles. The fourth-order valence-electron chi connectivity index (χ4n) is 2.27. The van der Waals surface area contributed by atoms with Crippen LogP contribution in [-0.2, 0) is 13.5 Å². The first-order chi connectivity index (χ1) is 5.99. The normalized spacial score (nSPS) is 25.7. The average Bonchev–Trinajstić information content (AvgIpc) is 2.30. The number of rotatable bonds is 0. The smallest absolute Gasteiger partial charge is 0.0812 e. The summed E-state index contributed by atoms with van der Waals surface area (Å²) in [6, 6.07) is 2.04. The summed E-state index contributed by atoms with van der Waals surface area (Å²) in [5.41, 5.74) is 2.66. The maximum atomic E-state index is 9.90. The van der Waals surface area contributed by atoms with E-state index in [-0.39, 0.29) is 11.5 Å². The lowest BCUT2D eigenvalue weighted by Gasteiger charge is -2.33. The summed E-state index contributed by atoms with van der Waals surface area (Å²) >= 11 is 0. The van der Waals surface area contributed by atoms with Crippen LogP contribution in [0.2, 0.25) is 0 Å². The third kappa shape index (κ3) is 1.39. The predicted octanol–water partition coefficient (Wildman–Crippen LogP) is 2.03. The first kappa shape index (κ1) is 8.82. The van der Waals surface area contributed by atoms with E-state index in [1.807, 2.05) is 19.3 Å². The van der Waals surface area contributed by atoms with Crippen LogP contribution in [0, 0.1) is 5.41 Å². The predicted molar refractivity (Wildman–Crippen MR) is 52.5 cm³/mol. The van der Waals surface area contributed by atoms with Crippen LogP contribution in [0.5, 0.6) is 0 Å². The number of hydrogen-bond acceptors (Lipinski definition) is 1. The summed E-state index contributed by atoms with van der Waals surface area (Å²) in [6.45, 7) is 4.43. The topological polar surface area (TPSA) is 25.2 Å². The van der Waals surface area contributed by atoms with E-state index in [1.165, 1.54) is 5.69 Å². The molecule has 2 nitrogen and oxygen atoms in total. The van der Waals surface area contributed by atoms with Crippen LogP contribution in [-0.4, -0.2) is 9.67 Å². The van der Waals surface area contributed by atoms with Crippen molar-refractivity contribution in [2.24, 2.45) is 12.5 Å². The van der Waals surface area contributed by atoms with Crippen molar-refractivity contribution >= 4 is 0 Å². The lowest BCUT2D eigenvalue weighted by molar-refractivity contribution is 0.0983. The van der Waals surface area contributed by atoms with Gasteiger partial charge in [0, 0.05) is 24.5 Å². The summed E-state index contributed by atoms with van der Waals surface area (Å²) in [7, 11) is 2.05. The molecule has 0 amide bonds. The summed E-state index contributed by atoms with van der Waals surface area (Å²) in [4.78, 5) is 0. The molecule has 0 aliphatic heterocycles. The molecule has 0 fully saturated rings. The van der Waals surface area contributed by atoms with E-state index in [4.69, 9.17) is 0 Å². The van der Waals surface area contributed by atoms with Crippen LogP contribution >= 0.6 is 0 Å². The van der Waals surface area contributed by atoms with Crippen molar-refractivity contribution in [1.29, 1.82) is 0 Å². The van der Waals surface area contributed by atoms with Gasteiger partial charge in [-0.2, -0.15) is 0 Å². The molecule has 0 saturated heterocycles. The minimum Gasteiger partial charge on any atom is -0.388 e. The highest BCUT2D eigenvalue weighted by Crippen LogP contribution is 2.40. The average molecular weight is 179 g/mol. The highest BCUT2D eigenvalue weighted by atomic mass is 16.3. The number of fused-ring (bicyclic) bond motifs is 1. The molecule has 1 aliphatic carbocycles. The number of hydrogen-bond donors (Lipinski definition) is 1. The number of aliphatic hydroxyl groups is 1. The van der Waals surface area contributed by atoms with E-state index in [1.54, 1.807) is 0 Å². The minimum absolute atomic E-state index is 0.235. The quantitative estimate of drug-likeness (QED) is 0.647. The molecule has 13 heavy (non-hydrogen) atoms. The molecule has 2 rings (SSSR count). The van der Waals surface area contributed by atoms with Gasteiger partial charge >= 0.3 is 0 Å². The van der Waals surface area contributed by atoms with Crippen LogP contribution < -0.4 is 0 Å². The molecule has 0 radical (unpaired) electrons. The summed E-state index contributed by atoms with van der Waals surface area (Å²) in [5, 5.41) is 9.90. The zero-order valence-corrected chi connectivity index (χ0v) is 8.54. The molecule has 1 N–H and O–H groups in total. The molecule has 1 aromatic heterocycles. The van der Waals surface area contributed by atoms with E-state index >= 15 is 0 Å². The van der Waals surface area contributed by atoms with Gasteiger partial charge in [0.1, 0.15) is 0 Å². The fourth-order valence-corrected chi connectivity index (χ4v) is 2.27. The van der Waals surface area contributed by atoms with Crippen LogP contribution in [0.25, 0.3) is 0 Å². The number of nitrogens with zero attached hydrogens (tertiary/aromatic N) is 1. The third-order valence-corrected chi connectivity index (χ3v) is 2.99. The molecule has 0 spiro atoms. The lowest BCUT2D eigenvalue weighted by atomic mass is 9.75. The molecular weight excluding hydrogens is 162 g/mol. The molecule has 2 heteroatoms. The molecule has 1 aliphatic rings. The monoisotopic (exact) mass is 179 g/mol. The largest absolute Gasteiger partial charge is 0.388 e. The van der Waals surface area contributed by atoms with Gasteiger partial charge in [-0.15, -0.1) is 0 Å². The van der Waals surface area contributed by atoms with Gasteiger partial charge < -0.3 is 9.67 Å². The standard InChI is InChI=1S/C11H17NO/c1-11(2)6-9-8(10(13)7-11)4-5-12(9)3/h4-5,10,13H,6-7H2,1-3H3. The minimum atomic E-state index is -0.264. The zero-order valence-electron chi connectivity index (χ0n) is 8.54. The molecule has 0 aromatic carbocycles. The van der Waals surface area contributed by atoms with E-state index < -0.39 is 0 Å². The fraction of sp³-hybridized carbons (Fsp3) is 0.636. The van der Waals surface area contributed by atoms with Gasteiger partial charge in [0.15, 0.2) is 0 Å². The molecule has 1 heterocycles. The summed E-state index contributed by atoms with van der Waals surface area (Å²) in [6.07, 6.45) is 3.72. The van der Waals surface area contributed by atoms with Gasteiger partial charge in [-0.05, 0) is 24.3 Å². The van der Waals surface area contributed by atoms with Crippen LogP contribution in [0.4, 0.5) is 0 Å². The lowest BCUT2D eigenvalue weighted by Crippen LogP contribution is -2.26. The Morgan fingerprint density at radius 2 is 2.23 bits per heavy atom. The molecule has 1 aromatic rings.